The monoisotopic (exact) mass is 454 g/mol. The summed E-state index contributed by atoms with van der Waals surface area (Å²) in [6.07, 6.45) is 5.91. The van der Waals surface area contributed by atoms with Crippen LogP contribution in [-0.4, -0.2) is 59.1 Å². The van der Waals surface area contributed by atoms with Crippen molar-refractivity contribution in [1.82, 2.24) is 10.2 Å². The smallest absolute Gasteiger partial charge is 0.323 e. The molecule has 0 radical (unpaired) electrons. The number of aryl methyl sites for hydroxylation is 1. The summed E-state index contributed by atoms with van der Waals surface area (Å²) in [7, 11) is 0. The van der Waals surface area contributed by atoms with E-state index in [0.717, 1.165) is 37.7 Å². The first-order valence-electron chi connectivity index (χ1n) is 10.9. The van der Waals surface area contributed by atoms with Gasteiger partial charge in [0, 0.05) is 6.04 Å². The van der Waals surface area contributed by atoms with E-state index in [1.54, 1.807) is 13.8 Å². The van der Waals surface area contributed by atoms with Crippen molar-refractivity contribution >= 4 is 30.3 Å². The van der Waals surface area contributed by atoms with Gasteiger partial charge >= 0.3 is 11.9 Å². The second-order valence-corrected chi connectivity index (χ2v) is 7.87. The Bertz CT molecular complexity index is 694. The van der Waals surface area contributed by atoms with E-state index in [9.17, 15) is 19.5 Å². The highest BCUT2D eigenvalue weighted by molar-refractivity contribution is 5.86. The maximum Gasteiger partial charge on any atom is 0.323 e. The number of aliphatic carboxylic acids is 1. The number of ether oxygens (including phenoxy) is 1. The van der Waals surface area contributed by atoms with Gasteiger partial charge in [-0.2, -0.15) is 0 Å². The fourth-order valence-corrected chi connectivity index (χ4v) is 4.01. The van der Waals surface area contributed by atoms with Gasteiger partial charge < -0.3 is 14.7 Å². The minimum atomic E-state index is -1.02. The molecule has 1 saturated carbocycles. The van der Waals surface area contributed by atoms with Gasteiger partial charge in [-0.1, -0.05) is 49.6 Å². The lowest BCUT2D eigenvalue weighted by molar-refractivity contribution is -0.149. The van der Waals surface area contributed by atoms with Crippen LogP contribution in [0.1, 0.15) is 57.9 Å². The lowest BCUT2D eigenvalue weighted by Crippen LogP contribution is -2.54. The first-order valence-corrected chi connectivity index (χ1v) is 10.9. The highest BCUT2D eigenvalue weighted by Crippen LogP contribution is 2.23. The molecule has 8 heteroatoms. The van der Waals surface area contributed by atoms with E-state index < -0.39 is 24.0 Å². The minimum Gasteiger partial charge on any atom is -0.480 e. The van der Waals surface area contributed by atoms with Gasteiger partial charge in [0.2, 0.25) is 5.91 Å². The molecule has 31 heavy (non-hydrogen) atoms. The number of halogens is 1. The largest absolute Gasteiger partial charge is 0.480 e. The van der Waals surface area contributed by atoms with Crippen molar-refractivity contribution in [3.05, 3.63) is 35.9 Å². The van der Waals surface area contributed by atoms with E-state index in [4.69, 9.17) is 4.74 Å². The minimum absolute atomic E-state index is 0. The van der Waals surface area contributed by atoms with Crippen LogP contribution in [-0.2, 0) is 25.5 Å². The number of nitrogens with zero attached hydrogens (tertiary/aromatic N) is 1. The van der Waals surface area contributed by atoms with E-state index >= 15 is 0 Å². The van der Waals surface area contributed by atoms with Crippen molar-refractivity contribution in [2.75, 3.05) is 13.2 Å². The topological polar surface area (TPSA) is 95.9 Å². The second kappa shape index (κ2) is 14.0. The Morgan fingerprint density at radius 3 is 2.39 bits per heavy atom. The normalized spacial score (nSPS) is 15.9. The molecule has 1 aromatic rings. The van der Waals surface area contributed by atoms with Crippen LogP contribution in [0, 0.1) is 0 Å². The molecule has 0 aromatic heterocycles. The number of benzene rings is 1. The molecule has 1 aliphatic carbocycles. The zero-order valence-electron chi connectivity index (χ0n) is 18.4. The molecular weight excluding hydrogens is 420 g/mol. The number of hydrogen-bond acceptors (Lipinski definition) is 5. The van der Waals surface area contributed by atoms with Gasteiger partial charge in [-0.15, -0.1) is 12.4 Å². The standard InChI is InChI=1S/C23H34N2O5.ClH/c1-3-30-23(29)20(15-14-18-10-6-4-7-11-18)24-17(2)22(28)25(16-21(26)27)19-12-8-5-9-13-19;/h4,6-7,10-11,17,19-20,24H,3,5,8-9,12-16H2,1-2H3,(H,26,27);1H/t17-,20?;/m0./s1. The average molecular weight is 455 g/mol. The number of carbonyl (C=O) groups excluding carboxylic acids is 2. The Balaban J connectivity index is 0.00000480. The van der Waals surface area contributed by atoms with E-state index in [1.807, 2.05) is 30.3 Å². The number of carboxylic acid groups (broad SMARTS) is 1. The number of amides is 1. The maximum atomic E-state index is 13.1. The van der Waals surface area contributed by atoms with Crippen molar-refractivity contribution in [2.45, 2.75) is 76.9 Å². The molecular formula is C23H35ClN2O5. The first-order chi connectivity index (χ1) is 14.4. The zero-order valence-corrected chi connectivity index (χ0v) is 19.2. The summed E-state index contributed by atoms with van der Waals surface area (Å²) in [6, 6.07) is 8.44. The lowest BCUT2D eigenvalue weighted by Gasteiger charge is -2.35. The molecule has 1 fully saturated rings. The summed E-state index contributed by atoms with van der Waals surface area (Å²) >= 11 is 0. The third kappa shape index (κ3) is 8.87. The van der Waals surface area contributed by atoms with Crippen molar-refractivity contribution < 1.29 is 24.2 Å². The number of esters is 1. The molecule has 0 aliphatic heterocycles. The summed E-state index contributed by atoms with van der Waals surface area (Å²) in [6.45, 7) is 3.38. The summed E-state index contributed by atoms with van der Waals surface area (Å²) in [5, 5.41) is 12.4. The molecule has 0 heterocycles. The van der Waals surface area contributed by atoms with E-state index in [-0.39, 0.29) is 37.5 Å². The van der Waals surface area contributed by atoms with Crippen LogP contribution in [0.25, 0.3) is 0 Å². The fourth-order valence-electron chi connectivity index (χ4n) is 4.01. The molecule has 1 amide bonds. The Hall–Kier alpha value is -2.12. The van der Waals surface area contributed by atoms with Gasteiger partial charge in [-0.25, -0.2) is 0 Å². The van der Waals surface area contributed by atoms with E-state index in [2.05, 4.69) is 5.32 Å². The summed E-state index contributed by atoms with van der Waals surface area (Å²) in [5.41, 5.74) is 1.10. The van der Waals surface area contributed by atoms with Gasteiger partial charge in [0.15, 0.2) is 0 Å². The molecule has 1 unspecified atom stereocenters. The van der Waals surface area contributed by atoms with Crippen molar-refractivity contribution in [1.29, 1.82) is 0 Å². The number of hydrogen-bond donors (Lipinski definition) is 2. The number of carbonyl (C=O) groups is 3. The molecule has 7 nitrogen and oxygen atoms in total. The molecule has 2 N–H and O–H groups in total. The zero-order chi connectivity index (χ0) is 21.9. The predicted molar refractivity (Wildman–Crippen MR) is 121 cm³/mol. The molecule has 0 saturated heterocycles. The van der Waals surface area contributed by atoms with Crippen LogP contribution in [0.5, 0.6) is 0 Å². The Kier molecular flexibility index (Phi) is 12.2. The first kappa shape index (κ1) is 26.9. The van der Waals surface area contributed by atoms with E-state index in [1.165, 1.54) is 4.90 Å². The van der Waals surface area contributed by atoms with Crippen LogP contribution < -0.4 is 5.32 Å². The SMILES string of the molecule is CCOC(=O)C(CCc1ccccc1)N[C@@H](C)C(=O)N(CC(=O)O)C1CCCCC1.Cl. The van der Waals surface area contributed by atoms with Crippen LogP contribution in [0.4, 0.5) is 0 Å². The molecule has 1 aliphatic rings. The third-order valence-corrected chi connectivity index (χ3v) is 5.56. The quantitative estimate of drug-likeness (QED) is 0.498. The molecule has 0 bridgehead atoms. The summed E-state index contributed by atoms with van der Waals surface area (Å²) in [5.74, 6) is -1.69. The fraction of sp³-hybridized carbons (Fsp3) is 0.609. The summed E-state index contributed by atoms with van der Waals surface area (Å²) in [4.78, 5) is 38.4. The highest BCUT2D eigenvalue weighted by atomic mass is 35.5. The molecule has 0 spiro atoms. The molecule has 2 rings (SSSR count). The molecule has 174 valence electrons. The van der Waals surface area contributed by atoms with E-state index in [0.29, 0.717) is 12.8 Å². The van der Waals surface area contributed by atoms with Crippen LogP contribution in [0.15, 0.2) is 30.3 Å². The number of carboxylic acids is 1. The number of rotatable bonds is 11. The van der Waals surface area contributed by atoms with Crippen molar-refractivity contribution in [3.8, 4) is 0 Å². The van der Waals surface area contributed by atoms with Gasteiger partial charge in [-0.05, 0) is 45.1 Å². The molecule has 1 aromatic carbocycles. The van der Waals surface area contributed by atoms with Crippen molar-refractivity contribution in [3.63, 3.8) is 0 Å². The van der Waals surface area contributed by atoms with Crippen LogP contribution >= 0.6 is 12.4 Å². The lowest BCUT2D eigenvalue weighted by atomic mass is 9.93. The second-order valence-electron chi connectivity index (χ2n) is 7.87. The van der Waals surface area contributed by atoms with Crippen LogP contribution in [0.2, 0.25) is 0 Å². The Morgan fingerprint density at radius 1 is 1.16 bits per heavy atom. The van der Waals surface area contributed by atoms with Gasteiger partial charge in [0.05, 0.1) is 12.6 Å². The van der Waals surface area contributed by atoms with Crippen LogP contribution in [0.3, 0.4) is 0 Å². The van der Waals surface area contributed by atoms with Gasteiger partial charge in [0.25, 0.3) is 0 Å². The Morgan fingerprint density at radius 2 is 1.81 bits per heavy atom. The Labute approximate surface area is 190 Å². The van der Waals surface area contributed by atoms with Gasteiger partial charge in [-0.3, -0.25) is 19.7 Å². The predicted octanol–water partition coefficient (Wildman–Crippen LogP) is 3.20. The highest BCUT2D eigenvalue weighted by Gasteiger charge is 2.32. The average Bonchev–Trinajstić information content (AvgIpc) is 2.75. The van der Waals surface area contributed by atoms with Crippen molar-refractivity contribution in [2.24, 2.45) is 0 Å². The molecule has 2 atom stereocenters. The summed E-state index contributed by atoms with van der Waals surface area (Å²) < 4.78 is 5.19. The number of nitrogens with one attached hydrogen (secondary N) is 1. The third-order valence-electron chi connectivity index (χ3n) is 5.56. The van der Waals surface area contributed by atoms with Gasteiger partial charge in [0.1, 0.15) is 12.6 Å². The maximum absolute atomic E-state index is 13.1.